The molecular weight excluding hydrogens is 248 g/mol. The molecule has 0 fully saturated rings. The average Bonchev–Trinajstić information content (AvgIpc) is 2.40. The van der Waals surface area contributed by atoms with Crippen LogP contribution in [0.5, 0.6) is 0 Å². The number of rotatable bonds is 4. The van der Waals surface area contributed by atoms with Gasteiger partial charge in [-0.2, -0.15) is 0 Å². The predicted molar refractivity (Wildman–Crippen MR) is 74.9 cm³/mol. The molecule has 2 heterocycles. The topological polar surface area (TPSA) is 55.0 Å². The lowest BCUT2D eigenvalue weighted by atomic mass is 10.2. The number of aromatic nitrogens is 2. The normalized spacial score (nSPS) is 10.3. The van der Waals surface area contributed by atoms with E-state index in [1.807, 2.05) is 24.1 Å². The Morgan fingerprint density at radius 1 is 1.22 bits per heavy atom. The van der Waals surface area contributed by atoms with Crippen LogP contribution in [0.1, 0.15) is 5.56 Å². The fourth-order valence-corrected chi connectivity index (χ4v) is 1.84. The number of nitrogen functional groups attached to an aromatic ring is 1. The molecule has 2 aromatic rings. The molecule has 0 aromatic carbocycles. The zero-order valence-corrected chi connectivity index (χ0v) is 10.9. The van der Waals surface area contributed by atoms with Crippen molar-refractivity contribution in [2.24, 2.45) is 0 Å². The SMILES string of the molecule is CN(CCc1ccncc1)c1nc(Cl)ccc1N. The molecule has 2 aromatic heterocycles. The third-order valence-corrected chi connectivity index (χ3v) is 2.93. The van der Waals surface area contributed by atoms with Crippen LogP contribution in [0.4, 0.5) is 11.5 Å². The third kappa shape index (κ3) is 3.11. The number of hydrogen-bond acceptors (Lipinski definition) is 4. The maximum absolute atomic E-state index is 5.89. The maximum atomic E-state index is 5.89. The number of nitrogens with zero attached hydrogens (tertiary/aromatic N) is 3. The predicted octanol–water partition coefficient (Wildman–Crippen LogP) is 2.39. The molecule has 0 spiro atoms. The summed E-state index contributed by atoms with van der Waals surface area (Å²) in [5, 5.41) is 0.454. The highest BCUT2D eigenvalue weighted by molar-refractivity contribution is 6.29. The second kappa shape index (κ2) is 5.69. The Hall–Kier alpha value is -1.81. The van der Waals surface area contributed by atoms with E-state index in [0.29, 0.717) is 10.8 Å². The molecule has 0 radical (unpaired) electrons. The monoisotopic (exact) mass is 262 g/mol. The van der Waals surface area contributed by atoms with E-state index in [9.17, 15) is 0 Å². The summed E-state index contributed by atoms with van der Waals surface area (Å²) in [4.78, 5) is 10.2. The Bertz CT molecular complexity index is 516. The van der Waals surface area contributed by atoms with E-state index in [-0.39, 0.29) is 0 Å². The molecule has 0 saturated heterocycles. The molecule has 0 amide bonds. The molecule has 0 atom stereocenters. The van der Waals surface area contributed by atoms with Crippen molar-refractivity contribution in [3.8, 4) is 0 Å². The van der Waals surface area contributed by atoms with E-state index in [1.165, 1.54) is 5.56 Å². The van der Waals surface area contributed by atoms with Gasteiger partial charge >= 0.3 is 0 Å². The van der Waals surface area contributed by atoms with Gasteiger partial charge in [-0.25, -0.2) is 4.98 Å². The molecule has 0 aliphatic rings. The molecule has 0 unspecified atom stereocenters. The first-order valence-corrected chi connectivity index (χ1v) is 6.06. The average molecular weight is 263 g/mol. The fourth-order valence-electron chi connectivity index (χ4n) is 1.69. The van der Waals surface area contributed by atoms with Gasteiger partial charge in [-0.1, -0.05) is 11.6 Å². The van der Waals surface area contributed by atoms with Crippen LogP contribution < -0.4 is 10.6 Å². The van der Waals surface area contributed by atoms with Crippen molar-refractivity contribution >= 4 is 23.1 Å². The summed E-state index contributed by atoms with van der Waals surface area (Å²) in [5.41, 5.74) is 7.76. The van der Waals surface area contributed by atoms with Crippen molar-refractivity contribution in [1.82, 2.24) is 9.97 Å². The van der Waals surface area contributed by atoms with Crippen molar-refractivity contribution in [3.05, 3.63) is 47.4 Å². The van der Waals surface area contributed by atoms with Gasteiger partial charge in [0, 0.05) is 26.0 Å². The number of likely N-dealkylation sites (N-methyl/N-ethyl adjacent to an activating group) is 1. The highest BCUT2D eigenvalue weighted by Gasteiger charge is 2.07. The second-order valence-corrected chi connectivity index (χ2v) is 4.46. The smallest absolute Gasteiger partial charge is 0.153 e. The first-order valence-electron chi connectivity index (χ1n) is 5.69. The van der Waals surface area contributed by atoms with Crippen LogP contribution >= 0.6 is 11.6 Å². The van der Waals surface area contributed by atoms with Crippen molar-refractivity contribution in [3.63, 3.8) is 0 Å². The van der Waals surface area contributed by atoms with E-state index < -0.39 is 0 Å². The number of halogens is 1. The molecule has 2 rings (SSSR count). The van der Waals surface area contributed by atoms with E-state index >= 15 is 0 Å². The van der Waals surface area contributed by atoms with Gasteiger partial charge in [-0.05, 0) is 36.2 Å². The molecule has 5 heteroatoms. The van der Waals surface area contributed by atoms with Crippen LogP contribution in [0.15, 0.2) is 36.7 Å². The largest absolute Gasteiger partial charge is 0.396 e. The first kappa shape index (κ1) is 12.6. The zero-order valence-electron chi connectivity index (χ0n) is 10.2. The molecule has 0 bridgehead atoms. The highest BCUT2D eigenvalue weighted by Crippen LogP contribution is 2.21. The van der Waals surface area contributed by atoms with Crippen molar-refractivity contribution in [2.75, 3.05) is 24.2 Å². The molecule has 2 N–H and O–H groups in total. The summed E-state index contributed by atoms with van der Waals surface area (Å²) >= 11 is 5.88. The van der Waals surface area contributed by atoms with E-state index in [1.54, 1.807) is 24.5 Å². The number of hydrogen-bond donors (Lipinski definition) is 1. The third-order valence-electron chi connectivity index (χ3n) is 2.72. The summed E-state index contributed by atoms with van der Waals surface area (Å²) in [7, 11) is 1.95. The quantitative estimate of drug-likeness (QED) is 0.860. The Balaban J connectivity index is 2.03. The maximum Gasteiger partial charge on any atom is 0.153 e. The van der Waals surface area contributed by atoms with Crippen LogP contribution in [0.2, 0.25) is 5.15 Å². The molecule has 0 saturated carbocycles. The Kier molecular flexibility index (Phi) is 3.99. The second-order valence-electron chi connectivity index (χ2n) is 4.07. The van der Waals surface area contributed by atoms with Crippen LogP contribution in [-0.2, 0) is 6.42 Å². The van der Waals surface area contributed by atoms with Gasteiger partial charge in [-0.3, -0.25) is 4.98 Å². The lowest BCUT2D eigenvalue weighted by molar-refractivity contribution is 0.860. The van der Waals surface area contributed by atoms with Gasteiger partial charge in [0.25, 0.3) is 0 Å². The highest BCUT2D eigenvalue weighted by atomic mass is 35.5. The Morgan fingerprint density at radius 2 is 1.94 bits per heavy atom. The van der Waals surface area contributed by atoms with E-state index in [0.717, 1.165) is 18.8 Å². The minimum absolute atomic E-state index is 0.454. The van der Waals surface area contributed by atoms with Crippen LogP contribution in [0.25, 0.3) is 0 Å². The number of pyridine rings is 2. The zero-order chi connectivity index (χ0) is 13.0. The van der Waals surface area contributed by atoms with Crippen LogP contribution in [-0.4, -0.2) is 23.6 Å². The minimum Gasteiger partial charge on any atom is -0.396 e. The van der Waals surface area contributed by atoms with Gasteiger partial charge in [0.2, 0.25) is 0 Å². The van der Waals surface area contributed by atoms with Crippen LogP contribution in [0.3, 0.4) is 0 Å². The van der Waals surface area contributed by atoms with Crippen LogP contribution in [0, 0.1) is 0 Å². The lowest BCUT2D eigenvalue weighted by Gasteiger charge is -2.19. The van der Waals surface area contributed by atoms with E-state index in [2.05, 4.69) is 9.97 Å². The molecule has 4 nitrogen and oxygen atoms in total. The Morgan fingerprint density at radius 3 is 2.67 bits per heavy atom. The summed E-state index contributed by atoms with van der Waals surface area (Å²) in [6.45, 7) is 0.821. The molecule has 94 valence electrons. The van der Waals surface area contributed by atoms with Gasteiger partial charge in [0.05, 0.1) is 5.69 Å². The van der Waals surface area contributed by atoms with Crippen molar-refractivity contribution in [1.29, 1.82) is 0 Å². The molecule has 0 aliphatic carbocycles. The van der Waals surface area contributed by atoms with Gasteiger partial charge < -0.3 is 10.6 Å². The van der Waals surface area contributed by atoms with E-state index in [4.69, 9.17) is 17.3 Å². The minimum atomic E-state index is 0.454. The molecule has 0 aliphatic heterocycles. The summed E-state index contributed by atoms with van der Waals surface area (Å²) in [5.74, 6) is 0.719. The summed E-state index contributed by atoms with van der Waals surface area (Å²) < 4.78 is 0. The number of anilines is 2. The van der Waals surface area contributed by atoms with Gasteiger partial charge in [0.15, 0.2) is 5.82 Å². The van der Waals surface area contributed by atoms with Crippen molar-refractivity contribution in [2.45, 2.75) is 6.42 Å². The van der Waals surface area contributed by atoms with Gasteiger partial charge in [-0.15, -0.1) is 0 Å². The van der Waals surface area contributed by atoms with Crippen molar-refractivity contribution < 1.29 is 0 Å². The lowest BCUT2D eigenvalue weighted by Crippen LogP contribution is -2.22. The summed E-state index contributed by atoms with van der Waals surface area (Å²) in [6, 6.07) is 7.47. The first-order chi connectivity index (χ1) is 8.66. The molecule has 18 heavy (non-hydrogen) atoms. The standard InChI is InChI=1S/C13H15ClN4/c1-18(9-6-10-4-7-16-8-5-10)13-11(15)2-3-12(14)17-13/h2-5,7-8H,6,9,15H2,1H3. The summed E-state index contributed by atoms with van der Waals surface area (Å²) in [6.07, 6.45) is 4.50. The Labute approximate surface area is 111 Å². The van der Waals surface area contributed by atoms with Gasteiger partial charge in [0.1, 0.15) is 5.15 Å². The number of nitrogens with two attached hydrogens (primary N) is 1. The molecular formula is C13H15ClN4. The fraction of sp³-hybridized carbons (Fsp3) is 0.231.